The number of nitrogens with zero attached hydrogens (tertiary/aromatic N) is 3. The summed E-state index contributed by atoms with van der Waals surface area (Å²) in [6.45, 7) is 0.690. The van der Waals surface area contributed by atoms with E-state index >= 15 is 0 Å². The van der Waals surface area contributed by atoms with Gasteiger partial charge < -0.3 is 10.6 Å². The van der Waals surface area contributed by atoms with E-state index in [9.17, 15) is 0 Å². The highest BCUT2D eigenvalue weighted by Gasteiger charge is 2.09. The molecule has 0 radical (unpaired) electrons. The quantitative estimate of drug-likeness (QED) is 0.941. The summed E-state index contributed by atoms with van der Waals surface area (Å²) >= 11 is 9.37. The molecule has 94 valence electrons. The number of hydrogen-bond donors (Lipinski definition) is 1. The normalized spacial score (nSPS) is 10.4. The first-order valence-electron chi connectivity index (χ1n) is 5.30. The summed E-state index contributed by atoms with van der Waals surface area (Å²) in [7, 11) is 1.94. The lowest BCUT2D eigenvalue weighted by Gasteiger charge is -2.19. The van der Waals surface area contributed by atoms with Crippen LogP contribution in [-0.4, -0.2) is 17.0 Å². The number of nitrogens with two attached hydrogens (primary N) is 1. The molecule has 18 heavy (non-hydrogen) atoms. The van der Waals surface area contributed by atoms with Crippen molar-refractivity contribution in [3.63, 3.8) is 0 Å². The number of hydrogen-bond acceptors (Lipinski definition) is 4. The molecule has 1 aromatic heterocycles. The Morgan fingerprint density at radius 2 is 2.22 bits per heavy atom. The summed E-state index contributed by atoms with van der Waals surface area (Å²) in [4.78, 5) is 10.1. The van der Waals surface area contributed by atoms with Crippen molar-refractivity contribution in [2.24, 2.45) is 0 Å². The number of halogens is 2. The predicted octanol–water partition coefficient (Wildman–Crippen LogP) is 3.11. The van der Waals surface area contributed by atoms with Crippen molar-refractivity contribution < 1.29 is 0 Å². The number of benzene rings is 1. The van der Waals surface area contributed by atoms with E-state index in [1.807, 2.05) is 36.2 Å². The molecule has 0 unspecified atom stereocenters. The molecule has 0 bridgehead atoms. The van der Waals surface area contributed by atoms with Gasteiger partial charge in [0, 0.05) is 24.8 Å². The number of nitrogen functional groups attached to an aromatic ring is 1. The van der Waals surface area contributed by atoms with Gasteiger partial charge in [-0.15, -0.1) is 0 Å². The van der Waals surface area contributed by atoms with Gasteiger partial charge in [0.1, 0.15) is 5.82 Å². The first kappa shape index (κ1) is 13.1. The molecule has 0 saturated carbocycles. The Kier molecular flexibility index (Phi) is 4.04. The summed E-state index contributed by atoms with van der Waals surface area (Å²) in [5.74, 6) is 1.01. The van der Waals surface area contributed by atoms with Crippen molar-refractivity contribution in [3.8, 4) is 0 Å². The molecule has 0 atom stereocenters. The molecule has 2 aromatic rings. The zero-order chi connectivity index (χ0) is 13.1. The second kappa shape index (κ2) is 5.54. The van der Waals surface area contributed by atoms with Gasteiger partial charge in [0.25, 0.3) is 0 Å². The van der Waals surface area contributed by atoms with Gasteiger partial charge in [0.15, 0.2) is 0 Å². The van der Waals surface area contributed by atoms with Gasteiger partial charge in [0.2, 0.25) is 5.95 Å². The highest BCUT2D eigenvalue weighted by Crippen LogP contribution is 2.24. The summed E-state index contributed by atoms with van der Waals surface area (Å²) in [6, 6.07) is 7.72. The lowest BCUT2D eigenvalue weighted by atomic mass is 10.2. The molecule has 1 aromatic carbocycles. The molecule has 4 nitrogen and oxygen atoms in total. The third kappa shape index (κ3) is 3.11. The number of anilines is 2. The largest absolute Gasteiger partial charge is 0.368 e. The monoisotopic (exact) mass is 326 g/mol. The SMILES string of the molecule is CN(Cc1cccc(Cl)c1)c1nc(N)ncc1Br. The maximum absolute atomic E-state index is 5.96. The molecule has 0 fully saturated rings. The van der Waals surface area contributed by atoms with Crippen LogP contribution in [0.5, 0.6) is 0 Å². The summed E-state index contributed by atoms with van der Waals surface area (Å²) in [5, 5.41) is 0.724. The van der Waals surface area contributed by atoms with E-state index in [0.717, 1.165) is 20.9 Å². The van der Waals surface area contributed by atoms with Crippen molar-refractivity contribution in [1.82, 2.24) is 9.97 Å². The Morgan fingerprint density at radius 3 is 2.94 bits per heavy atom. The van der Waals surface area contributed by atoms with E-state index < -0.39 is 0 Å². The van der Waals surface area contributed by atoms with Crippen LogP contribution in [-0.2, 0) is 6.54 Å². The molecular weight excluding hydrogens is 316 g/mol. The van der Waals surface area contributed by atoms with Crippen molar-refractivity contribution in [1.29, 1.82) is 0 Å². The smallest absolute Gasteiger partial charge is 0.222 e. The average Bonchev–Trinajstić information content (AvgIpc) is 2.32. The minimum absolute atomic E-state index is 0.256. The lowest BCUT2D eigenvalue weighted by molar-refractivity contribution is 0.889. The second-order valence-corrected chi connectivity index (χ2v) is 5.18. The topological polar surface area (TPSA) is 55.0 Å². The van der Waals surface area contributed by atoms with Gasteiger partial charge in [-0.25, -0.2) is 4.98 Å². The van der Waals surface area contributed by atoms with Gasteiger partial charge in [-0.05, 0) is 33.6 Å². The molecule has 0 aliphatic heterocycles. The minimum Gasteiger partial charge on any atom is -0.368 e. The Balaban J connectivity index is 2.21. The van der Waals surface area contributed by atoms with Gasteiger partial charge in [-0.3, -0.25) is 0 Å². The lowest BCUT2D eigenvalue weighted by Crippen LogP contribution is -2.19. The van der Waals surface area contributed by atoms with E-state index in [1.165, 1.54) is 0 Å². The standard InChI is InChI=1S/C12H12BrClN4/c1-18(7-8-3-2-4-9(14)5-8)11-10(13)6-16-12(15)17-11/h2-6H,7H2,1H3,(H2,15,16,17). The summed E-state index contributed by atoms with van der Waals surface area (Å²) in [5.41, 5.74) is 6.70. The first-order valence-corrected chi connectivity index (χ1v) is 6.47. The summed E-state index contributed by atoms with van der Waals surface area (Å²) < 4.78 is 0.807. The Hall–Kier alpha value is -1.33. The highest BCUT2D eigenvalue weighted by atomic mass is 79.9. The fraction of sp³-hybridized carbons (Fsp3) is 0.167. The Labute approximate surface area is 119 Å². The molecule has 6 heteroatoms. The van der Waals surface area contributed by atoms with Crippen LogP contribution in [0.4, 0.5) is 11.8 Å². The second-order valence-electron chi connectivity index (χ2n) is 3.89. The van der Waals surface area contributed by atoms with E-state index in [4.69, 9.17) is 17.3 Å². The molecular formula is C12H12BrClN4. The Bertz CT molecular complexity index is 562. The van der Waals surface area contributed by atoms with Crippen LogP contribution in [0, 0.1) is 0 Å². The molecule has 2 rings (SSSR count). The maximum Gasteiger partial charge on any atom is 0.222 e. The fourth-order valence-corrected chi connectivity index (χ4v) is 2.33. The van der Waals surface area contributed by atoms with Gasteiger partial charge in [-0.1, -0.05) is 23.7 Å². The van der Waals surface area contributed by atoms with Gasteiger partial charge >= 0.3 is 0 Å². The third-order valence-electron chi connectivity index (χ3n) is 2.41. The molecule has 0 amide bonds. The van der Waals surface area contributed by atoms with Crippen LogP contribution in [0.2, 0.25) is 5.02 Å². The van der Waals surface area contributed by atoms with Crippen LogP contribution in [0.1, 0.15) is 5.56 Å². The molecule has 2 N–H and O–H groups in total. The maximum atomic E-state index is 5.96. The van der Waals surface area contributed by atoms with Gasteiger partial charge in [0.05, 0.1) is 4.47 Å². The molecule has 0 saturated heterocycles. The number of aromatic nitrogens is 2. The van der Waals surface area contributed by atoms with E-state index in [-0.39, 0.29) is 5.95 Å². The van der Waals surface area contributed by atoms with E-state index in [2.05, 4.69) is 25.9 Å². The molecule has 0 spiro atoms. The molecule has 0 aliphatic rings. The fourth-order valence-electron chi connectivity index (χ4n) is 1.62. The van der Waals surface area contributed by atoms with E-state index in [1.54, 1.807) is 6.20 Å². The van der Waals surface area contributed by atoms with Crippen molar-refractivity contribution in [3.05, 3.63) is 45.5 Å². The highest BCUT2D eigenvalue weighted by molar-refractivity contribution is 9.10. The van der Waals surface area contributed by atoms with E-state index in [0.29, 0.717) is 6.54 Å². The third-order valence-corrected chi connectivity index (χ3v) is 3.21. The zero-order valence-corrected chi connectivity index (χ0v) is 12.1. The average molecular weight is 328 g/mol. The van der Waals surface area contributed by atoms with Crippen LogP contribution in [0.15, 0.2) is 34.9 Å². The zero-order valence-electron chi connectivity index (χ0n) is 9.77. The first-order chi connectivity index (χ1) is 8.56. The molecule has 0 aliphatic carbocycles. The van der Waals surface area contributed by atoms with Crippen molar-refractivity contribution >= 4 is 39.3 Å². The van der Waals surface area contributed by atoms with Crippen LogP contribution in [0.3, 0.4) is 0 Å². The van der Waals surface area contributed by atoms with Crippen molar-refractivity contribution in [2.75, 3.05) is 17.7 Å². The van der Waals surface area contributed by atoms with Crippen molar-refractivity contribution in [2.45, 2.75) is 6.54 Å². The van der Waals surface area contributed by atoms with Crippen LogP contribution in [0.25, 0.3) is 0 Å². The predicted molar refractivity (Wildman–Crippen MR) is 77.7 cm³/mol. The van der Waals surface area contributed by atoms with Gasteiger partial charge in [-0.2, -0.15) is 4.98 Å². The summed E-state index contributed by atoms with van der Waals surface area (Å²) in [6.07, 6.45) is 1.64. The number of rotatable bonds is 3. The van der Waals surface area contributed by atoms with Crippen LogP contribution < -0.4 is 10.6 Å². The Morgan fingerprint density at radius 1 is 1.44 bits per heavy atom. The minimum atomic E-state index is 0.256. The van der Waals surface area contributed by atoms with Crippen LogP contribution >= 0.6 is 27.5 Å². The molecule has 1 heterocycles.